The van der Waals surface area contributed by atoms with Crippen molar-refractivity contribution in [3.63, 3.8) is 0 Å². The number of nitrogens with one attached hydrogen (secondary N) is 2. The molecule has 0 saturated heterocycles. The highest BCUT2D eigenvalue weighted by Gasteiger charge is 2.38. The van der Waals surface area contributed by atoms with Crippen molar-refractivity contribution in [3.05, 3.63) is 65.0 Å². The van der Waals surface area contributed by atoms with Crippen LogP contribution in [0.2, 0.25) is 0 Å². The van der Waals surface area contributed by atoms with Crippen LogP contribution in [0.25, 0.3) is 10.8 Å². The number of carbonyl (C=O) groups excluding carboxylic acids is 1. The molecule has 1 aliphatic carbocycles. The van der Waals surface area contributed by atoms with Crippen LogP contribution in [0, 0.1) is 0 Å². The summed E-state index contributed by atoms with van der Waals surface area (Å²) in [4.78, 5) is 15.5. The number of nitrogens with zero attached hydrogens (tertiary/aromatic N) is 2. The minimum Gasteiger partial charge on any atom is -0.327 e. The third-order valence-corrected chi connectivity index (χ3v) is 5.86. The highest BCUT2D eigenvalue weighted by molar-refractivity contribution is 5.95. The van der Waals surface area contributed by atoms with Gasteiger partial charge in [-0.3, -0.25) is 9.89 Å². The van der Waals surface area contributed by atoms with Gasteiger partial charge in [-0.1, -0.05) is 36.4 Å². The lowest BCUT2D eigenvalue weighted by Crippen LogP contribution is -2.37. The number of amides is 1. The predicted molar refractivity (Wildman–Crippen MR) is 106 cm³/mol. The number of aromatic amines is 1. The number of hydrogen-bond acceptors (Lipinski definition) is 3. The molecule has 0 bridgehead atoms. The summed E-state index contributed by atoms with van der Waals surface area (Å²) in [5, 5.41) is 13.3. The molecule has 27 heavy (non-hydrogen) atoms. The first-order valence-corrected chi connectivity index (χ1v) is 9.80. The summed E-state index contributed by atoms with van der Waals surface area (Å²) >= 11 is 0. The van der Waals surface area contributed by atoms with Crippen molar-refractivity contribution in [2.75, 3.05) is 6.54 Å². The maximum atomic E-state index is 13.5. The average Bonchev–Trinajstić information content (AvgIpc) is 3.44. The molecule has 1 fully saturated rings. The Bertz CT molecular complexity index is 1000. The fourth-order valence-electron chi connectivity index (χ4n) is 4.16. The average molecular weight is 360 g/mol. The summed E-state index contributed by atoms with van der Waals surface area (Å²) in [5.74, 6) is 0.0550. The van der Waals surface area contributed by atoms with Crippen molar-refractivity contribution in [3.8, 4) is 0 Å². The first-order valence-electron chi connectivity index (χ1n) is 9.80. The zero-order chi connectivity index (χ0) is 18.4. The van der Waals surface area contributed by atoms with E-state index in [0.717, 1.165) is 43.6 Å². The molecule has 1 unspecified atom stereocenters. The van der Waals surface area contributed by atoms with Gasteiger partial charge in [0, 0.05) is 36.8 Å². The summed E-state index contributed by atoms with van der Waals surface area (Å²) in [5.41, 5.74) is 3.92. The van der Waals surface area contributed by atoms with E-state index in [9.17, 15) is 4.79 Å². The lowest BCUT2D eigenvalue weighted by molar-refractivity contribution is 0.0666. The molecule has 2 aliphatic rings. The Hall–Kier alpha value is -2.66. The Balaban J connectivity index is 1.49. The Kier molecular flexibility index (Phi) is 3.97. The minimum atomic E-state index is 0.0264. The summed E-state index contributed by atoms with van der Waals surface area (Å²) in [6.07, 6.45) is 3.06. The van der Waals surface area contributed by atoms with Crippen LogP contribution in [-0.2, 0) is 13.0 Å². The fourth-order valence-corrected chi connectivity index (χ4v) is 4.16. The van der Waals surface area contributed by atoms with Gasteiger partial charge < -0.3 is 10.2 Å². The number of benzene rings is 2. The molecule has 0 radical (unpaired) electrons. The fraction of sp³-hybridized carbons (Fsp3) is 0.364. The van der Waals surface area contributed by atoms with E-state index in [0.29, 0.717) is 11.7 Å². The van der Waals surface area contributed by atoms with Gasteiger partial charge in [-0.15, -0.1) is 0 Å². The number of carbonyl (C=O) groups is 1. The molecular weight excluding hydrogens is 336 g/mol. The van der Waals surface area contributed by atoms with Crippen LogP contribution in [0.4, 0.5) is 0 Å². The Morgan fingerprint density at radius 3 is 2.81 bits per heavy atom. The normalized spacial score (nSPS) is 17.5. The van der Waals surface area contributed by atoms with Gasteiger partial charge in [-0.2, -0.15) is 5.10 Å². The van der Waals surface area contributed by atoms with E-state index in [1.165, 1.54) is 16.3 Å². The van der Waals surface area contributed by atoms with Gasteiger partial charge in [0.1, 0.15) is 0 Å². The van der Waals surface area contributed by atoms with E-state index in [4.69, 9.17) is 0 Å². The monoisotopic (exact) mass is 360 g/mol. The van der Waals surface area contributed by atoms with Gasteiger partial charge in [0.05, 0.1) is 6.04 Å². The molecule has 1 saturated carbocycles. The molecule has 3 aromatic rings. The van der Waals surface area contributed by atoms with Crippen molar-refractivity contribution in [2.45, 2.75) is 44.8 Å². The molecule has 5 heteroatoms. The second-order valence-electron chi connectivity index (χ2n) is 7.68. The second-order valence-corrected chi connectivity index (χ2v) is 7.68. The van der Waals surface area contributed by atoms with Gasteiger partial charge in [0.2, 0.25) is 0 Å². The van der Waals surface area contributed by atoms with E-state index in [1.54, 1.807) is 0 Å². The molecular formula is C22H24N4O. The molecule has 0 spiro atoms. The van der Waals surface area contributed by atoms with Crippen LogP contribution in [-0.4, -0.2) is 33.6 Å². The van der Waals surface area contributed by atoms with E-state index in [1.807, 2.05) is 0 Å². The molecule has 1 atom stereocenters. The predicted octanol–water partition coefficient (Wildman–Crippen LogP) is 3.57. The first kappa shape index (κ1) is 16.5. The van der Waals surface area contributed by atoms with Gasteiger partial charge in [-0.05, 0) is 42.2 Å². The standard InChI is InChI=1S/C22H24N4O/c1-14(16-7-6-15-4-2-3-5-17(15)12-16)26(18-8-9-18)22(27)21-19-13-23-11-10-20(19)24-25-21/h2-7,12,14,18,23H,8-11,13H2,1H3,(H,24,25). The minimum absolute atomic E-state index is 0.0264. The maximum absolute atomic E-state index is 13.5. The molecule has 1 aliphatic heterocycles. The topological polar surface area (TPSA) is 61.0 Å². The number of hydrogen-bond donors (Lipinski definition) is 2. The number of rotatable bonds is 4. The van der Waals surface area contributed by atoms with Crippen molar-refractivity contribution >= 4 is 16.7 Å². The molecule has 5 nitrogen and oxygen atoms in total. The molecule has 2 N–H and O–H groups in total. The number of H-pyrrole nitrogens is 1. The van der Waals surface area contributed by atoms with Crippen LogP contribution in [0.3, 0.4) is 0 Å². The Labute approximate surface area is 158 Å². The first-order chi connectivity index (χ1) is 13.2. The van der Waals surface area contributed by atoms with E-state index in [-0.39, 0.29) is 11.9 Å². The van der Waals surface area contributed by atoms with Crippen LogP contribution in [0.1, 0.15) is 53.1 Å². The van der Waals surface area contributed by atoms with Gasteiger partial charge in [0.25, 0.3) is 5.91 Å². The lowest BCUT2D eigenvalue weighted by Gasteiger charge is -2.30. The molecule has 5 rings (SSSR count). The number of aromatic nitrogens is 2. The molecule has 138 valence electrons. The van der Waals surface area contributed by atoms with E-state index < -0.39 is 0 Å². The highest BCUT2D eigenvalue weighted by Crippen LogP contribution is 2.36. The SMILES string of the molecule is CC(c1ccc2ccccc2c1)N(C(=O)c1n[nH]c2c1CNCC2)C1CC1. The third kappa shape index (κ3) is 2.92. The van der Waals surface area contributed by atoms with Crippen molar-refractivity contribution < 1.29 is 4.79 Å². The third-order valence-electron chi connectivity index (χ3n) is 5.86. The highest BCUT2D eigenvalue weighted by atomic mass is 16.2. The van der Waals surface area contributed by atoms with E-state index in [2.05, 4.69) is 69.8 Å². The molecule has 1 amide bonds. The molecule has 2 aromatic carbocycles. The Morgan fingerprint density at radius 1 is 1.19 bits per heavy atom. The zero-order valence-corrected chi connectivity index (χ0v) is 15.5. The smallest absolute Gasteiger partial charge is 0.275 e. The van der Waals surface area contributed by atoms with Gasteiger partial charge in [0.15, 0.2) is 5.69 Å². The van der Waals surface area contributed by atoms with Crippen LogP contribution in [0.5, 0.6) is 0 Å². The molecule has 2 heterocycles. The maximum Gasteiger partial charge on any atom is 0.275 e. The summed E-state index contributed by atoms with van der Waals surface area (Å²) in [7, 11) is 0. The summed E-state index contributed by atoms with van der Waals surface area (Å²) < 4.78 is 0. The van der Waals surface area contributed by atoms with Crippen molar-refractivity contribution in [1.29, 1.82) is 0 Å². The number of fused-ring (bicyclic) bond motifs is 2. The summed E-state index contributed by atoms with van der Waals surface area (Å²) in [6.45, 7) is 3.79. The van der Waals surface area contributed by atoms with Crippen LogP contribution >= 0.6 is 0 Å². The van der Waals surface area contributed by atoms with Crippen LogP contribution < -0.4 is 5.32 Å². The van der Waals surface area contributed by atoms with E-state index >= 15 is 0 Å². The van der Waals surface area contributed by atoms with Crippen LogP contribution in [0.15, 0.2) is 42.5 Å². The quantitative estimate of drug-likeness (QED) is 0.748. The largest absolute Gasteiger partial charge is 0.327 e. The van der Waals surface area contributed by atoms with Gasteiger partial charge in [-0.25, -0.2) is 0 Å². The van der Waals surface area contributed by atoms with Gasteiger partial charge >= 0.3 is 0 Å². The molecule has 1 aromatic heterocycles. The lowest BCUT2D eigenvalue weighted by atomic mass is 10.0. The van der Waals surface area contributed by atoms with Crippen molar-refractivity contribution in [1.82, 2.24) is 20.4 Å². The Morgan fingerprint density at radius 2 is 2.00 bits per heavy atom. The zero-order valence-electron chi connectivity index (χ0n) is 15.5. The summed E-state index contributed by atoms with van der Waals surface area (Å²) in [6, 6.07) is 15.2. The second kappa shape index (κ2) is 6.50. The van der Waals surface area contributed by atoms with Crippen molar-refractivity contribution in [2.24, 2.45) is 0 Å².